The molecule has 0 bridgehead atoms. The molecule has 2 aromatic rings. The molecule has 2 aliphatic rings. The van der Waals surface area contributed by atoms with E-state index < -0.39 is 11.1 Å². The molecular formula is C21H21N5O4S. The van der Waals surface area contributed by atoms with Crippen LogP contribution in [0, 0.1) is 0 Å². The Bertz CT molecular complexity index is 1070. The summed E-state index contributed by atoms with van der Waals surface area (Å²) in [5, 5.41) is 11.0. The van der Waals surface area contributed by atoms with Gasteiger partial charge in [0.05, 0.1) is 19.9 Å². The number of benzene rings is 2. The maximum atomic E-state index is 12.7. The van der Waals surface area contributed by atoms with Crippen LogP contribution in [0.4, 0.5) is 5.69 Å². The van der Waals surface area contributed by atoms with Gasteiger partial charge in [0.2, 0.25) is 11.0 Å². The van der Waals surface area contributed by atoms with E-state index in [0.29, 0.717) is 17.3 Å². The first-order valence-electron chi connectivity index (χ1n) is 9.41. The van der Waals surface area contributed by atoms with Crippen molar-refractivity contribution in [2.24, 2.45) is 10.2 Å². The number of methoxy groups -OCH3 is 2. The van der Waals surface area contributed by atoms with Gasteiger partial charge in [-0.15, -0.1) is 5.10 Å². The molecule has 0 saturated carbocycles. The zero-order chi connectivity index (χ0) is 22.2. The van der Waals surface area contributed by atoms with E-state index in [1.807, 2.05) is 66.5 Å². The van der Waals surface area contributed by atoms with Crippen molar-refractivity contribution in [2.45, 2.75) is 12.0 Å². The summed E-state index contributed by atoms with van der Waals surface area (Å²) in [6.07, 6.45) is 0. The van der Waals surface area contributed by atoms with E-state index in [2.05, 4.69) is 10.2 Å². The number of hydrazone groups is 2. The number of anilines is 1. The lowest BCUT2D eigenvalue weighted by Gasteiger charge is -2.42. The van der Waals surface area contributed by atoms with Crippen molar-refractivity contribution in [3.63, 3.8) is 0 Å². The zero-order valence-corrected chi connectivity index (χ0v) is 18.3. The third-order valence-corrected chi connectivity index (χ3v) is 6.27. The van der Waals surface area contributed by atoms with Gasteiger partial charge in [0.1, 0.15) is 5.75 Å². The molecule has 1 atom stereocenters. The van der Waals surface area contributed by atoms with Gasteiger partial charge in [-0.3, -0.25) is 4.79 Å². The van der Waals surface area contributed by atoms with E-state index in [0.717, 1.165) is 17.3 Å². The van der Waals surface area contributed by atoms with E-state index in [9.17, 15) is 9.59 Å². The van der Waals surface area contributed by atoms with Gasteiger partial charge in [0.25, 0.3) is 5.12 Å². The Morgan fingerprint density at radius 3 is 2.26 bits per heavy atom. The van der Waals surface area contributed by atoms with Crippen molar-refractivity contribution in [1.82, 2.24) is 9.91 Å². The molecule has 0 aliphatic carbocycles. The highest BCUT2D eigenvalue weighted by Gasteiger charge is 2.60. The van der Waals surface area contributed by atoms with Crippen LogP contribution < -0.4 is 9.75 Å². The van der Waals surface area contributed by atoms with Gasteiger partial charge in [-0.1, -0.05) is 18.2 Å². The highest BCUT2D eigenvalue weighted by atomic mass is 32.2. The van der Waals surface area contributed by atoms with Crippen molar-refractivity contribution < 1.29 is 19.1 Å². The Balaban J connectivity index is 1.84. The molecule has 1 spiro atoms. The summed E-state index contributed by atoms with van der Waals surface area (Å²) >= 11 is 1.10. The molecule has 31 heavy (non-hydrogen) atoms. The maximum absolute atomic E-state index is 12.7. The van der Waals surface area contributed by atoms with Gasteiger partial charge in [0.15, 0.2) is 5.84 Å². The summed E-state index contributed by atoms with van der Waals surface area (Å²) in [4.78, 5) is 26.9. The first-order chi connectivity index (χ1) is 14.9. The summed E-state index contributed by atoms with van der Waals surface area (Å²) in [6.45, 7) is 1.43. The fraction of sp³-hybridized carbons (Fsp3) is 0.238. The Hall–Kier alpha value is -3.53. The molecule has 2 aliphatic heterocycles. The maximum Gasteiger partial charge on any atom is 0.365 e. The number of amidine groups is 1. The van der Waals surface area contributed by atoms with Crippen LogP contribution in [0.15, 0.2) is 64.8 Å². The first kappa shape index (κ1) is 20.7. The number of amides is 1. The molecular weight excluding hydrogens is 418 g/mol. The number of esters is 1. The highest BCUT2D eigenvalue weighted by Crippen LogP contribution is 2.48. The third-order valence-electron chi connectivity index (χ3n) is 4.93. The van der Waals surface area contributed by atoms with Gasteiger partial charge >= 0.3 is 5.97 Å². The zero-order valence-electron chi connectivity index (χ0n) is 17.5. The van der Waals surface area contributed by atoms with Crippen LogP contribution in [0.1, 0.15) is 12.5 Å². The Morgan fingerprint density at radius 2 is 1.68 bits per heavy atom. The number of thioether (sulfide) groups is 1. The standard InChI is InChI=1S/C21H21N5O4S/c1-14(27)25-21(24(2)18(22-25)15-10-12-17(29-3)13-11-15)26(16-8-6-5-7-9-16)23-19(31-21)20(28)30-4/h5-13H,1-4H3. The second kappa shape index (κ2) is 7.95. The number of hydrogen-bond acceptors (Lipinski definition) is 9. The average molecular weight is 439 g/mol. The molecule has 0 N–H and O–H groups in total. The van der Waals surface area contributed by atoms with Gasteiger partial charge in [0, 0.05) is 19.5 Å². The van der Waals surface area contributed by atoms with Gasteiger partial charge in [-0.25, -0.2) is 9.80 Å². The Kier molecular flexibility index (Phi) is 5.32. The topological polar surface area (TPSA) is 87.0 Å². The van der Waals surface area contributed by atoms with E-state index in [1.165, 1.54) is 19.0 Å². The molecule has 160 valence electrons. The monoisotopic (exact) mass is 439 g/mol. The van der Waals surface area contributed by atoms with Crippen molar-refractivity contribution in [3.05, 3.63) is 60.2 Å². The van der Waals surface area contributed by atoms with Gasteiger partial charge in [-0.2, -0.15) is 10.1 Å². The van der Waals surface area contributed by atoms with Crippen molar-refractivity contribution in [2.75, 3.05) is 26.3 Å². The van der Waals surface area contributed by atoms with Crippen LogP contribution in [0.5, 0.6) is 5.75 Å². The fourth-order valence-corrected chi connectivity index (χ4v) is 4.69. The molecule has 10 heteroatoms. The molecule has 2 heterocycles. The van der Waals surface area contributed by atoms with E-state index in [-0.39, 0.29) is 11.0 Å². The predicted octanol–water partition coefficient (Wildman–Crippen LogP) is 2.50. The third kappa shape index (κ3) is 3.28. The number of para-hydroxylation sites is 1. The predicted molar refractivity (Wildman–Crippen MR) is 119 cm³/mol. The smallest absolute Gasteiger partial charge is 0.365 e. The number of rotatable bonds is 4. The van der Waals surface area contributed by atoms with Crippen LogP contribution >= 0.6 is 11.8 Å². The lowest BCUT2D eigenvalue weighted by molar-refractivity contribution is -0.134. The fourth-order valence-electron chi connectivity index (χ4n) is 3.43. The Morgan fingerprint density at radius 1 is 1.00 bits per heavy atom. The number of nitrogens with zero attached hydrogens (tertiary/aromatic N) is 5. The van der Waals surface area contributed by atoms with Crippen LogP contribution in [0.3, 0.4) is 0 Å². The highest BCUT2D eigenvalue weighted by molar-refractivity contribution is 8.17. The average Bonchev–Trinajstić information content (AvgIpc) is 3.33. The minimum atomic E-state index is -1.24. The molecule has 4 rings (SSSR count). The summed E-state index contributed by atoms with van der Waals surface area (Å²) in [5.74, 6) is 0.371. The lowest BCUT2D eigenvalue weighted by Crippen LogP contribution is -2.61. The number of ether oxygens (including phenoxy) is 2. The molecule has 1 amide bonds. The van der Waals surface area contributed by atoms with Crippen molar-refractivity contribution in [1.29, 1.82) is 0 Å². The molecule has 0 aromatic heterocycles. The lowest BCUT2D eigenvalue weighted by atomic mass is 10.2. The first-order valence-corrected chi connectivity index (χ1v) is 10.2. The Labute approximate surface area is 183 Å². The van der Waals surface area contributed by atoms with Gasteiger partial charge < -0.3 is 14.4 Å². The van der Waals surface area contributed by atoms with E-state index in [4.69, 9.17) is 9.47 Å². The molecule has 0 fully saturated rings. The van der Waals surface area contributed by atoms with Gasteiger partial charge in [-0.05, 0) is 48.2 Å². The molecule has 9 nitrogen and oxygen atoms in total. The van der Waals surface area contributed by atoms with E-state index in [1.54, 1.807) is 12.1 Å². The second-order valence-electron chi connectivity index (χ2n) is 6.76. The summed E-state index contributed by atoms with van der Waals surface area (Å²) in [6, 6.07) is 16.7. The van der Waals surface area contributed by atoms with Crippen molar-refractivity contribution in [3.8, 4) is 5.75 Å². The largest absolute Gasteiger partial charge is 0.497 e. The molecule has 2 aromatic carbocycles. The molecule has 1 unspecified atom stereocenters. The molecule has 0 saturated heterocycles. The number of carbonyl (C=O) groups is 2. The second-order valence-corrected chi connectivity index (χ2v) is 7.90. The van der Waals surface area contributed by atoms with Crippen LogP contribution in [0.25, 0.3) is 0 Å². The minimum absolute atomic E-state index is 0.121. The SMILES string of the molecule is COC(=O)C1=NN(c2ccccc2)C2(S1)N(C)C(c1ccc(OC)cc1)=NN2C(C)=O. The summed E-state index contributed by atoms with van der Waals surface area (Å²) < 4.78 is 10.1. The van der Waals surface area contributed by atoms with Crippen molar-refractivity contribution >= 4 is 40.2 Å². The summed E-state index contributed by atoms with van der Waals surface area (Å²) in [5.41, 5.74) is 1.48. The number of hydrogen-bond donors (Lipinski definition) is 0. The van der Waals surface area contributed by atoms with Crippen LogP contribution in [0.2, 0.25) is 0 Å². The normalized spacial score (nSPS) is 20.1. The van der Waals surface area contributed by atoms with E-state index >= 15 is 0 Å². The minimum Gasteiger partial charge on any atom is -0.497 e. The van der Waals surface area contributed by atoms with Crippen LogP contribution in [-0.4, -0.2) is 59.1 Å². The summed E-state index contributed by atoms with van der Waals surface area (Å²) in [7, 11) is 4.70. The quantitative estimate of drug-likeness (QED) is 0.677. The molecule has 0 radical (unpaired) electrons. The number of carbonyl (C=O) groups excluding carboxylic acids is 2. The van der Waals surface area contributed by atoms with Crippen LogP contribution in [-0.2, 0) is 14.3 Å².